The zero-order chi connectivity index (χ0) is 13.8. The topological polar surface area (TPSA) is 59.1 Å². The summed E-state index contributed by atoms with van der Waals surface area (Å²) in [6, 6.07) is 13.7. The van der Waals surface area contributed by atoms with Crippen molar-refractivity contribution in [3.63, 3.8) is 0 Å². The Morgan fingerprint density at radius 3 is 2.53 bits per heavy atom. The molecule has 0 aliphatic carbocycles. The van der Waals surface area contributed by atoms with Crippen LogP contribution < -0.4 is 10.5 Å². The minimum absolute atomic E-state index is 0.446. The minimum Gasteiger partial charge on any atom is -0.489 e. The predicted octanol–water partition coefficient (Wildman–Crippen LogP) is 3.54. The molecule has 2 aromatic rings. The SMILES string of the molecule is CC(=N)c1cc(OCc2ccccc2)c(C)cc1N. The van der Waals surface area contributed by atoms with Crippen LogP contribution in [0, 0.1) is 12.3 Å². The summed E-state index contributed by atoms with van der Waals surface area (Å²) in [6.45, 7) is 4.20. The van der Waals surface area contributed by atoms with Gasteiger partial charge in [0, 0.05) is 17.0 Å². The monoisotopic (exact) mass is 254 g/mol. The van der Waals surface area contributed by atoms with Crippen LogP contribution >= 0.6 is 0 Å². The van der Waals surface area contributed by atoms with E-state index in [9.17, 15) is 0 Å². The van der Waals surface area contributed by atoms with E-state index >= 15 is 0 Å². The number of nitrogens with two attached hydrogens (primary N) is 1. The molecule has 0 aromatic heterocycles. The minimum atomic E-state index is 0.446. The Morgan fingerprint density at radius 1 is 1.21 bits per heavy atom. The molecule has 98 valence electrons. The first-order chi connectivity index (χ1) is 9.08. The van der Waals surface area contributed by atoms with Crippen LogP contribution in [0.15, 0.2) is 42.5 Å². The van der Waals surface area contributed by atoms with Crippen LogP contribution in [0.3, 0.4) is 0 Å². The summed E-state index contributed by atoms with van der Waals surface area (Å²) in [5, 5.41) is 7.70. The molecule has 2 rings (SSSR count). The van der Waals surface area contributed by atoms with Crippen LogP contribution in [0.2, 0.25) is 0 Å². The molecule has 0 fully saturated rings. The Hall–Kier alpha value is -2.29. The lowest BCUT2D eigenvalue weighted by atomic mass is 10.1. The Bertz CT molecular complexity index is 591. The van der Waals surface area contributed by atoms with E-state index in [0.717, 1.165) is 22.4 Å². The maximum absolute atomic E-state index is 7.70. The highest BCUT2D eigenvalue weighted by atomic mass is 16.5. The van der Waals surface area contributed by atoms with Gasteiger partial charge in [0.2, 0.25) is 0 Å². The smallest absolute Gasteiger partial charge is 0.123 e. The van der Waals surface area contributed by atoms with Crippen LogP contribution in [0.5, 0.6) is 5.75 Å². The molecule has 0 saturated heterocycles. The highest BCUT2D eigenvalue weighted by molar-refractivity contribution is 6.01. The summed E-state index contributed by atoms with van der Waals surface area (Å²) in [5.41, 5.74) is 9.80. The number of ether oxygens (including phenoxy) is 1. The van der Waals surface area contributed by atoms with Gasteiger partial charge in [-0.25, -0.2) is 0 Å². The molecule has 0 atom stereocenters. The summed E-state index contributed by atoms with van der Waals surface area (Å²) >= 11 is 0. The summed E-state index contributed by atoms with van der Waals surface area (Å²) in [4.78, 5) is 0. The summed E-state index contributed by atoms with van der Waals surface area (Å²) < 4.78 is 5.82. The van der Waals surface area contributed by atoms with E-state index in [0.29, 0.717) is 18.0 Å². The van der Waals surface area contributed by atoms with Gasteiger partial charge in [0.1, 0.15) is 12.4 Å². The Balaban J connectivity index is 2.21. The van der Waals surface area contributed by atoms with Crippen molar-refractivity contribution >= 4 is 11.4 Å². The Morgan fingerprint density at radius 2 is 1.89 bits per heavy atom. The number of nitrogen functional groups attached to an aromatic ring is 1. The number of hydrogen-bond acceptors (Lipinski definition) is 3. The van der Waals surface area contributed by atoms with Crippen molar-refractivity contribution in [3.05, 3.63) is 59.2 Å². The van der Waals surface area contributed by atoms with Gasteiger partial charge in [-0.3, -0.25) is 0 Å². The molecule has 2 aromatic carbocycles. The molecule has 3 heteroatoms. The number of rotatable bonds is 4. The van der Waals surface area contributed by atoms with Gasteiger partial charge < -0.3 is 15.9 Å². The maximum atomic E-state index is 7.70. The second-order valence-electron chi connectivity index (χ2n) is 4.60. The third kappa shape index (κ3) is 3.13. The first-order valence-electron chi connectivity index (χ1n) is 6.20. The molecule has 0 aliphatic rings. The molecule has 0 aliphatic heterocycles. The molecule has 19 heavy (non-hydrogen) atoms. The van der Waals surface area contributed by atoms with Gasteiger partial charge in [-0.1, -0.05) is 30.3 Å². The lowest BCUT2D eigenvalue weighted by molar-refractivity contribution is 0.304. The fraction of sp³-hybridized carbons (Fsp3) is 0.188. The van der Waals surface area contributed by atoms with Crippen molar-refractivity contribution in [2.24, 2.45) is 0 Å². The van der Waals surface area contributed by atoms with E-state index in [1.54, 1.807) is 6.92 Å². The molecule has 3 nitrogen and oxygen atoms in total. The van der Waals surface area contributed by atoms with Crippen LogP contribution in [-0.2, 0) is 6.61 Å². The van der Waals surface area contributed by atoms with Crippen LogP contribution in [0.25, 0.3) is 0 Å². The van der Waals surface area contributed by atoms with Crippen molar-refractivity contribution in [1.29, 1.82) is 5.41 Å². The van der Waals surface area contributed by atoms with Gasteiger partial charge in [0.25, 0.3) is 0 Å². The molecule has 0 spiro atoms. The number of benzene rings is 2. The molecular weight excluding hydrogens is 236 g/mol. The van der Waals surface area contributed by atoms with Gasteiger partial charge >= 0.3 is 0 Å². The maximum Gasteiger partial charge on any atom is 0.123 e. The van der Waals surface area contributed by atoms with Crippen LogP contribution in [0.1, 0.15) is 23.6 Å². The van der Waals surface area contributed by atoms with Gasteiger partial charge in [-0.2, -0.15) is 0 Å². The molecule has 0 heterocycles. The molecule has 0 amide bonds. The first-order valence-corrected chi connectivity index (χ1v) is 6.20. The van der Waals surface area contributed by atoms with Gasteiger partial charge in [0.15, 0.2) is 0 Å². The van der Waals surface area contributed by atoms with Crippen molar-refractivity contribution in [3.8, 4) is 5.75 Å². The van der Waals surface area contributed by atoms with Crippen molar-refractivity contribution in [2.75, 3.05) is 5.73 Å². The van der Waals surface area contributed by atoms with E-state index < -0.39 is 0 Å². The Kier molecular flexibility index (Phi) is 3.85. The number of hydrogen-bond donors (Lipinski definition) is 2. The van der Waals surface area contributed by atoms with E-state index in [1.807, 2.05) is 49.4 Å². The number of aryl methyl sites for hydroxylation is 1. The first kappa shape index (κ1) is 13.1. The van der Waals surface area contributed by atoms with Gasteiger partial charge in [-0.15, -0.1) is 0 Å². The van der Waals surface area contributed by atoms with Gasteiger partial charge in [-0.05, 0) is 37.1 Å². The summed E-state index contributed by atoms with van der Waals surface area (Å²) in [5.74, 6) is 0.777. The average Bonchev–Trinajstić information content (AvgIpc) is 2.38. The van der Waals surface area contributed by atoms with Crippen molar-refractivity contribution in [2.45, 2.75) is 20.5 Å². The quantitative estimate of drug-likeness (QED) is 0.647. The number of anilines is 1. The molecular formula is C16H18N2O. The third-order valence-electron chi connectivity index (χ3n) is 2.99. The molecule has 3 N–H and O–H groups in total. The van der Waals surface area contributed by atoms with E-state index in [4.69, 9.17) is 15.9 Å². The van der Waals surface area contributed by atoms with Crippen LogP contribution in [0.4, 0.5) is 5.69 Å². The van der Waals surface area contributed by atoms with E-state index in [-0.39, 0.29) is 0 Å². The molecule has 0 radical (unpaired) electrons. The molecule has 0 bridgehead atoms. The molecule has 0 unspecified atom stereocenters. The number of nitrogens with one attached hydrogen (secondary N) is 1. The fourth-order valence-electron chi connectivity index (χ4n) is 1.93. The molecule has 0 saturated carbocycles. The largest absolute Gasteiger partial charge is 0.489 e. The standard InChI is InChI=1S/C16H18N2O/c1-11-8-15(18)14(12(2)17)9-16(11)19-10-13-6-4-3-5-7-13/h3-9,17H,10,18H2,1-2H3. The second-order valence-corrected chi connectivity index (χ2v) is 4.60. The third-order valence-corrected chi connectivity index (χ3v) is 2.99. The highest BCUT2D eigenvalue weighted by Crippen LogP contribution is 2.26. The lowest BCUT2D eigenvalue weighted by Crippen LogP contribution is -2.03. The second kappa shape index (κ2) is 5.57. The Labute approximate surface area is 113 Å². The van der Waals surface area contributed by atoms with E-state index in [2.05, 4.69) is 0 Å². The predicted molar refractivity (Wildman–Crippen MR) is 78.9 cm³/mol. The summed E-state index contributed by atoms with van der Waals surface area (Å²) in [6.07, 6.45) is 0. The van der Waals surface area contributed by atoms with Crippen molar-refractivity contribution in [1.82, 2.24) is 0 Å². The summed E-state index contributed by atoms with van der Waals surface area (Å²) in [7, 11) is 0. The van der Waals surface area contributed by atoms with E-state index in [1.165, 1.54) is 0 Å². The highest BCUT2D eigenvalue weighted by Gasteiger charge is 2.08. The normalized spacial score (nSPS) is 10.2. The fourth-order valence-corrected chi connectivity index (χ4v) is 1.93. The zero-order valence-corrected chi connectivity index (χ0v) is 11.2. The van der Waals surface area contributed by atoms with Crippen LogP contribution in [-0.4, -0.2) is 5.71 Å². The zero-order valence-electron chi connectivity index (χ0n) is 11.2. The average molecular weight is 254 g/mol. The van der Waals surface area contributed by atoms with Crippen molar-refractivity contribution < 1.29 is 4.74 Å². The lowest BCUT2D eigenvalue weighted by Gasteiger charge is -2.13. The van der Waals surface area contributed by atoms with Gasteiger partial charge in [0.05, 0.1) is 0 Å².